The van der Waals surface area contributed by atoms with Crippen LogP contribution in [-0.2, 0) is 0 Å². The van der Waals surface area contributed by atoms with Crippen LogP contribution in [0, 0.1) is 11.8 Å². The summed E-state index contributed by atoms with van der Waals surface area (Å²) in [6.45, 7) is 0. The molecular formula is C7H11F2N. The average molecular weight is 147 g/mol. The van der Waals surface area contributed by atoms with Crippen molar-refractivity contribution in [3.63, 3.8) is 0 Å². The van der Waals surface area contributed by atoms with Crippen LogP contribution in [0.15, 0.2) is 0 Å². The molecule has 0 saturated heterocycles. The second kappa shape index (κ2) is 1.70. The van der Waals surface area contributed by atoms with Gasteiger partial charge in [0.05, 0.1) is 0 Å². The Balaban J connectivity index is 1.96. The first-order chi connectivity index (χ1) is 4.66. The van der Waals surface area contributed by atoms with Gasteiger partial charge in [0.15, 0.2) is 0 Å². The number of rotatable bonds is 1. The molecule has 3 atom stereocenters. The van der Waals surface area contributed by atoms with Crippen molar-refractivity contribution >= 4 is 0 Å². The summed E-state index contributed by atoms with van der Waals surface area (Å²) >= 11 is 0. The van der Waals surface area contributed by atoms with Crippen molar-refractivity contribution in [2.24, 2.45) is 11.8 Å². The summed E-state index contributed by atoms with van der Waals surface area (Å²) < 4.78 is 25.0. The van der Waals surface area contributed by atoms with Crippen molar-refractivity contribution in [2.45, 2.75) is 24.8 Å². The average Bonchev–Trinajstić information content (AvgIpc) is 2.37. The van der Waals surface area contributed by atoms with Crippen LogP contribution < -0.4 is 5.32 Å². The number of nitrogens with one attached hydrogen (secondary N) is 1. The zero-order chi connectivity index (χ0) is 7.35. The van der Waals surface area contributed by atoms with Gasteiger partial charge < -0.3 is 5.32 Å². The fourth-order valence-corrected chi connectivity index (χ4v) is 2.05. The Kier molecular flexibility index (Phi) is 1.11. The largest absolute Gasteiger partial charge is 0.317 e. The maximum Gasteiger partial charge on any atom is 0.254 e. The highest BCUT2D eigenvalue weighted by molar-refractivity contribution is 5.12. The maximum atomic E-state index is 12.5. The van der Waals surface area contributed by atoms with Crippen molar-refractivity contribution < 1.29 is 8.78 Å². The van der Waals surface area contributed by atoms with Gasteiger partial charge in [-0.3, -0.25) is 0 Å². The fraction of sp³-hybridized carbons (Fsp3) is 1.00. The molecule has 2 aliphatic rings. The number of halogens is 2. The van der Waals surface area contributed by atoms with Crippen LogP contribution in [0.2, 0.25) is 0 Å². The van der Waals surface area contributed by atoms with E-state index in [2.05, 4.69) is 5.32 Å². The van der Waals surface area contributed by atoms with Crippen LogP contribution in [0.5, 0.6) is 0 Å². The van der Waals surface area contributed by atoms with Crippen molar-refractivity contribution in [3.8, 4) is 0 Å². The van der Waals surface area contributed by atoms with Crippen LogP contribution in [0.1, 0.15) is 12.8 Å². The third-order valence-electron chi connectivity index (χ3n) is 2.85. The lowest BCUT2D eigenvalue weighted by atomic mass is 10.1. The fourth-order valence-electron chi connectivity index (χ4n) is 2.05. The molecule has 0 aromatic rings. The van der Waals surface area contributed by atoms with Crippen LogP contribution in [0.4, 0.5) is 8.78 Å². The van der Waals surface area contributed by atoms with Gasteiger partial charge in [-0.15, -0.1) is 0 Å². The summed E-state index contributed by atoms with van der Waals surface area (Å²) in [5, 5.41) is 3.03. The van der Waals surface area contributed by atoms with E-state index in [1.807, 2.05) is 7.05 Å². The van der Waals surface area contributed by atoms with Gasteiger partial charge in [0.25, 0.3) is 5.92 Å². The zero-order valence-corrected chi connectivity index (χ0v) is 5.90. The normalized spacial score (nSPS) is 48.9. The number of hydrogen-bond acceptors (Lipinski definition) is 1. The highest BCUT2D eigenvalue weighted by atomic mass is 19.3. The van der Waals surface area contributed by atoms with Gasteiger partial charge in [0.2, 0.25) is 0 Å². The number of alkyl halides is 2. The molecule has 2 aliphatic carbocycles. The van der Waals surface area contributed by atoms with Gasteiger partial charge in [-0.25, -0.2) is 8.78 Å². The standard InChI is InChI=1S/C7H11F2N/c1-10-4-2-5-6(3-4)7(5,8)9/h4-6,10H,2-3H2,1H3/t4?,5-,6+. The van der Waals surface area contributed by atoms with Crippen molar-refractivity contribution in [1.29, 1.82) is 0 Å². The predicted molar refractivity (Wildman–Crippen MR) is 34.0 cm³/mol. The molecule has 2 rings (SSSR count). The Hall–Kier alpha value is -0.180. The molecule has 0 radical (unpaired) electrons. The van der Waals surface area contributed by atoms with E-state index in [-0.39, 0.29) is 11.8 Å². The summed E-state index contributed by atoms with van der Waals surface area (Å²) in [7, 11) is 1.84. The molecule has 0 heterocycles. The molecule has 0 aromatic heterocycles. The van der Waals surface area contributed by atoms with E-state index in [9.17, 15) is 8.78 Å². The summed E-state index contributed by atoms with van der Waals surface area (Å²) in [6, 6.07) is 0.356. The summed E-state index contributed by atoms with van der Waals surface area (Å²) in [5.74, 6) is -2.87. The second-order valence-corrected chi connectivity index (χ2v) is 3.34. The second-order valence-electron chi connectivity index (χ2n) is 3.34. The van der Waals surface area contributed by atoms with Crippen LogP contribution in [0.3, 0.4) is 0 Å². The van der Waals surface area contributed by atoms with Gasteiger partial charge in [-0.1, -0.05) is 0 Å². The van der Waals surface area contributed by atoms with Crippen LogP contribution >= 0.6 is 0 Å². The van der Waals surface area contributed by atoms with Crippen LogP contribution in [-0.4, -0.2) is 19.0 Å². The van der Waals surface area contributed by atoms with E-state index in [1.165, 1.54) is 0 Å². The van der Waals surface area contributed by atoms with E-state index >= 15 is 0 Å². The summed E-state index contributed by atoms with van der Waals surface area (Å²) in [4.78, 5) is 0. The van der Waals surface area contributed by atoms with Crippen molar-refractivity contribution in [2.75, 3.05) is 7.05 Å². The first kappa shape index (κ1) is 6.53. The molecule has 1 N–H and O–H groups in total. The van der Waals surface area contributed by atoms with E-state index in [1.54, 1.807) is 0 Å². The molecule has 10 heavy (non-hydrogen) atoms. The van der Waals surface area contributed by atoms with Crippen LogP contribution in [0.25, 0.3) is 0 Å². The van der Waals surface area contributed by atoms with E-state index in [0.717, 1.165) is 0 Å². The molecule has 0 amide bonds. The van der Waals surface area contributed by atoms with Gasteiger partial charge in [0, 0.05) is 17.9 Å². The Morgan fingerprint density at radius 2 is 1.80 bits per heavy atom. The third-order valence-corrected chi connectivity index (χ3v) is 2.85. The molecule has 0 aromatic carbocycles. The first-order valence-electron chi connectivity index (χ1n) is 3.71. The molecule has 0 spiro atoms. The highest BCUT2D eigenvalue weighted by Gasteiger charge is 2.71. The Labute approximate surface area is 58.8 Å². The third kappa shape index (κ3) is 0.641. The lowest BCUT2D eigenvalue weighted by molar-refractivity contribution is 0.0680. The summed E-state index contributed by atoms with van der Waals surface area (Å²) in [6.07, 6.45) is 1.35. The lowest BCUT2D eigenvalue weighted by Crippen LogP contribution is -2.25. The molecule has 1 unspecified atom stereocenters. The molecule has 58 valence electrons. The SMILES string of the molecule is CNC1C[C@@H]2[C@H](C1)C2(F)F. The minimum absolute atomic E-state index is 0.287. The lowest BCUT2D eigenvalue weighted by Gasteiger charge is -2.11. The molecule has 2 fully saturated rings. The molecule has 0 aliphatic heterocycles. The Bertz CT molecular complexity index is 144. The Morgan fingerprint density at radius 3 is 2.20 bits per heavy atom. The topological polar surface area (TPSA) is 12.0 Å². The van der Waals surface area contributed by atoms with E-state index in [4.69, 9.17) is 0 Å². The molecule has 1 nitrogen and oxygen atoms in total. The minimum atomic E-state index is -2.30. The van der Waals surface area contributed by atoms with Gasteiger partial charge in [0.1, 0.15) is 0 Å². The van der Waals surface area contributed by atoms with Crippen molar-refractivity contribution in [1.82, 2.24) is 5.32 Å². The van der Waals surface area contributed by atoms with Gasteiger partial charge in [-0.05, 0) is 19.9 Å². The minimum Gasteiger partial charge on any atom is -0.317 e. The smallest absolute Gasteiger partial charge is 0.254 e. The molecular weight excluding hydrogens is 136 g/mol. The number of hydrogen-bond donors (Lipinski definition) is 1. The van der Waals surface area contributed by atoms with Crippen molar-refractivity contribution in [3.05, 3.63) is 0 Å². The van der Waals surface area contributed by atoms with Gasteiger partial charge >= 0.3 is 0 Å². The summed E-state index contributed by atoms with van der Waals surface area (Å²) in [5.41, 5.74) is 0. The predicted octanol–water partition coefficient (Wildman–Crippen LogP) is 1.25. The highest BCUT2D eigenvalue weighted by Crippen LogP contribution is 2.63. The monoisotopic (exact) mass is 147 g/mol. The quantitative estimate of drug-likeness (QED) is 0.588. The van der Waals surface area contributed by atoms with Gasteiger partial charge in [-0.2, -0.15) is 0 Å². The molecule has 3 heteroatoms. The van der Waals surface area contributed by atoms with E-state index in [0.29, 0.717) is 18.9 Å². The first-order valence-corrected chi connectivity index (χ1v) is 3.71. The zero-order valence-electron chi connectivity index (χ0n) is 5.90. The molecule has 2 saturated carbocycles. The maximum absolute atomic E-state index is 12.5. The molecule has 0 bridgehead atoms. The van der Waals surface area contributed by atoms with E-state index < -0.39 is 5.92 Å². The Morgan fingerprint density at radius 1 is 1.30 bits per heavy atom. The number of fused-ring (bicyclic) bond motifs is 1.